The van der Waals surface area contributed by atoms with E-state index in [4.69, 9.17) is 14.2 Å². The van der Waals surface area contributed by atoms with Crippen LogP contribution < -0.4 is 20.1 Å². The highest BCUT2D eigenvalue weighted by Crippen LogP contribution is 2.40. The summed E-state index contributed by atoms with van der Waals surface area (Å²) in [5.74, 6) is 0.914. The number of thioether (sulfide) groups is 1. The summed E-state index contributed by atoms with van der Waals surface area (Å²) in [6.45, 7) is 4.23. The van der Waals surface area contributed by atoms with Gasteiger partial charge >= 0.3 is 5.97 Å². The lowest BCUT2D eigenvalue weighted by molar-refractivity contribution is -0.114. The van der Waals surface area contributed by atoms with E-state index >= 15 is 0 Å². The Kier molecular flexibility index (Phi) is 9.23. The van der Waals surface area contributed by atoms with Crippen molar-refractivity contribution in [2.75, 3.05) is 43.0 Å². The molecule has 34 heavy (non-hydrogen) atoms. The summed E-state index contributed by atoms with van der Waals surface area (Å²) in [5, 5.41) is 6.19. The number of hydrogen-bond donors (Lipinski definition) is 2. The Balaban J connectivity index is 1.56. The molecular formula is C24H30N2O6S2. The fourth-order valence-corrected chi connectivity index (χ4v) is 5.80. The number of carbonyl (C=O) groups excluding carboxylic acids is 3. The summed E-state index contributed by atoms with van der Waals surface area (Å²) in [5.41, 5.74) is 2.06. The largest absolute Gasteiger partial charge is 0.493 e. The Hall–Kier alpha value is -2.72. The number of benzene rings is 1. The van der Waals surface area contributed by atoms with Gasteiger partial charge in [-0.1, -0.05) is 6.92 Å². The van der Waals surface area contributed by atoms with Crippen LogP contribution in [-0.2, 0) is 27.2 Å². The van der Waals surface area contributed by atoms with E-state index in [9.17, 15) is 14.4 Å². The quantitative estimate of drug-likeness (QED) is 0.461. The summed E-state index contributed by atoms with van der Waals surface area (Å²) >= 11 is 2.65. The molecule has 0 saturated heterocycles. The molecular weight excluding hydrogens is 476 g/mol. The molecule has 0 aliphatic heterocycles. The number of methoxy groups -OCH3 is 2. The Bertz CT molecular complexity index is 1050. The van der Waals surface area contributed by atoms with Crippen LogP contribution in [0, 0.1) is 5.92 Å². The monoisotopic (exact) mass is 506 g/mol. The van der Waals surface area contributed by atoms with E-state index < -0.39 is 5.97 Å². The van der Waals surface area contributed by atoms with Gasteiger partial charge in [-0.25, -0.2) is 4.79 Å². The van der Waals surface area contributed by atoms with Crippen molar-refractivity contribution < 1.29 is 28.6 Å². The number of hydrogen-bond acceptors (Lipinski definition) is 8. The number of carbonyl (C=O) groups is 3. The van der Waals surface area contributed by atoms with Crippen molar-refractivity contribution in [3.05, 3.63) is 34.2 Å². The van der Waals surface area contributed by atoms with Gasteiger partial charge in [0.05, 0.1) is 37.9 Å². The number of anilines is 2. The Morgan fingerprint density at radius 3 is 2.47 bits per heavy atom. The smallest absolute Gasteiger partial charge is 0.341 e. The van der Waals surface area contributed by atoms with Gasteiger partial charge < -0.3 is 24.8 Å². The van der Waals surface area contributed by atoms with Crippen molar-refractivity contribution in [3.63, 3.8) is 0 Å². The predicted molar refractivity (Wildman–Crippen MR) is 136 cm³/mol. The number of fused-ring (bicyclic) bond motifs is 1. The van der Waals surface area contributed by atoms with Gasteiger partial charge in [0.1, 0.15) is 5.00 Å². The van der Waals surface area contributed by atoms with Gasteiger partial charge in [-0.3, -0.25) is 9.59 Å². The molecule has 3 rings (SSSR count). The molecule has 1 unspecified atom stereocenters. The first-order valence-corrected chi connectivity index (χ1v) is 13.0. The van der Waals surface area contributed by atoms with Gasteiger partial charge in [-0.05, 0) is 49.8 Å². The molecule has 0 radical (unpaired) electrons. The van der Waals surface area contributed by atoms with E-state index in [0.717, 1.165) is 29.7 Å². The lowest BCUT2D eigenvalue weighted by Gasteiger charge is -2.18. The topological polar surface area (TPSA) is 103 Å². The zero-order chi connectivity index (χ0) is 24.7. The second-order valence-corrected chi connectivity index (χ2v) is 10.0. The maximum absolute atomic E-state index is 12.6. The van der Waals surface area contributed by atoms with Crippen LogP contribution in [0.5, 0.6) is 11.5 Å². The summed E-state index contributed by atoms with van der Waals surface area (Å²) in [7, 11) is 3.06. The zero-order valence-corrected chi connectivity index (χ0v) is 21.5. The highest BCUT2D eigenvalue weighted by atomic mass is 32.2. The molecule has 8 nitrogen and oxygen atoms in total. The third kappa shape index (κ3) is 6.44. The molecule has 1 atom stereocenters. The molecule has 2 N–H and O–H groups in total. The number of amides is 2. The maximum Gasteiger partial charge on any atom is 0.341 e. The van der Waals surface area contributed by atoms with Gasteiger partial charge in [0.2, 0.25) is 11.8 Å². The highest BCUT2D eigenvalue weighted by Gasteiger charge is 2.29. The van der Waals surface area contributed by atoms with Crippen LogP contribution in [0.4, 0.5) is 10.7 Å². The third-order valence-corrected chi connectivity index (χ3v) is 7.48. The lowest BCUT2D eigenvalue weighted by Crippen LogP contribution is -2.19. The predicted octanol–water partition coefficient (Wildman–Crippen LogP) is 4.38. The van der Waals surface area contributed by atoms with Crippen molar-refractivity contribution in [1.82, 2.24) is 0 Å². The standard InChI is InChI=1S/C24H30N2O6S2/c1-5-32-24(29)22-16-8-6-14(2)10-19(16)34-23(22)26-21(28)13-33-12-20(27)25-15-7-9-17(30-3)18(11-15)31-4/h7,9,11,14H,5-6,8,10,12-13H2,1-4H3,(H,25,27)(H,26,28). The molecule has 1 aliphatic carbocycles. The van der Waals surface area contributed by atoms with Gasteiger partial charge in [0.25, 0.3) is 0 Å². The van der Waals surface area contributed by atoms with Gasteiger partial charge in [0, 0.05) is 16.6 Å². The van der Waals surface area contributed by atoms with Crippen molar-refractivity contribution in [1.29, 1.82) is 0 Å². The highest BCUT2D eigenvalue weighted by molar-refractivity contribution is 8.00. The number of rotatable bonds is 10. The van der Waals surface area contributed by atoms with Gasteiger partial charge in [0.15, 0.2) is 11.5 Å². The molecule has 2 amide bonds. The van der Waals surface area contributed by atoms with E-state index in [-0.39, 0.29) is 29.9 Å². The molecule has 0 bridgehead atoms. The Morgan fingerprint density at radius 1 is 1.09 bits per heavy atom. The molecule has 1 heterocycles. The number of nitrogens with one attached hydrogen (secondary N) is 2. The molecule has 1 aromatic heterocycles. The van der Waals surface area contributed by atoms with Crippen molar-refractivity contribution in [3.8, 4) is 11.5 Å². The molecule has 2 aromatic rings. The third-order valence-electron chi connectivity index (χ3n) is 5.38. The minimum atomic E-state index is -0.396. The minimum Gasteiger partial charge on any atom is -0.493 e. The van der Waals surface area contributed by atoms with Crippen LogP contribution in [0.25, 0.3) is 0 Å². The average molecular weight is 507 g/mol. The van der Waals surface area contributed by atoms with Crippen molar-refractivity contribution >= 4 is 51.6 Å². The van der Waals surface area contributed by atoms with E-state index in [1.165, 1.54) is 30.2 Å². The summed E-state index contributed by atoms with van der Waals surface area (Å²) in [6.07, 6.45) is 2.71. The first-order chi connectivity index (χ1) is 16.4. The van der Waals surface area contributed by atoms with Gasteiger partial charge in [-0.2, -0.15) is 0 Å². The van der Waals surface area contributed by atoms with E-state index in [2.05, 4.69) is 17.6 Å². The minimum absolute atomic E-state index is 0.0839. The van der Waals surface area contributed by atoms with E-state index in [1.54, 1.807) is 32.2 Å². The van der Waals surface area contributed by atoms with Gasteiger partial charge in [-0.15, -0.1) is 23.1 Å². The first kappa shape index (κ1) is 25.9. The molecule has 0 fully saturated rings. The average Bonchev–Trinajstić information content (AvgIpc) is 3.15. The van der Waals surface area contributed by atoms with Crippen LogP contribution in [0.15, 0.2) is 18.2 Å². The van der Waals surface area contributed by atoms with Crippen LogP contribution >= 0.6 is 23.1 Å². The van der Waals surface area contributed by atoms with Crippen LogP contribution in [0.1, 0.15) is 41.1 Å². The molecule has 0 saturated carbocycles. The molecule has 0 spiro atoms. The zero-order valence-electron chi connectivity index (χ0n) is 19.8. The van der Waals surface area contributed by atoms with Crippen LogP contribution in [0.2, 0.25) is 0 Å². The summed E-state index contributed by atoms with van der Waals surface area (Å²) in [4.78, 5) is 38.6. The fourth-order valence-electron chi connectivity index (χ4n) is 3.77. The van der Waals surface area contributed by atoms with Crippen molar-refractivity contribution in [2.45, 2.75) is 33.1 Å². The normalized spacial score (nSPS) is 14.6. The molecule has 1 aliphatic rings. The maximum atomic E-state index is 12.6. The van der Waals surface area contributed by atoms with Crippen LogP contribution in [0.3, 0.4) is 0 Å². The summed E-state index contributed by atoms with van der Waals surface area (Å²) < 4.78 is 15.7. The van der Waals surface area contributed by atoms with E-state index in [0.29, 0.717) is 33.7 Å². The second kappa shape index (κ2) is 12.1. The number of esters is 1. The molecule has 10 heteroatoms. The SMILES string of the molecule is CCOC(=O)c1c(NC(=O)CSCC(=O)Nc2ccc(OC)c(OC)c2)sc2c1CCC(C)C2. The molecule has 1 aromatic carbocycles. The fraction of sp³-hybridized carbons (Fsp3) is 0.458. The van der Waals surface area contributed by atoms with E-state index in [1.807, 2.05) is 0 Å². The Labute approximate surface area is 207 Å². The second-order valence-electron chi connectivity index (χ2n) is 7.94. The van der Waals surface area contributed by atoms with Crippen LogP contribution in [-0.4, -0.2) is 50.1 Å². The number of ether oxygens (including phenoxy) is 3. The number of thiophene rings is 1. The lowest BCUT2D eigenvalue weighted by atomic mass is 9.88. The van der Waals surface area contributed by atoms with Crippen molar-refractivity contribution in [2.24, 2.45) is 5.92 Å². The Morgan fingerprint density at radius 2 is 1.79 bits per heavy atom. The summed E-state index contributed by atoms with van der Waals surface area (Å²) in [6, 6.07) is 5.09. The molecule has 184 valence electrons. The first-order valence-electron chi connectivity index (χ1n) is 11.1.